The Labute approximate surface area is 131 Å². The van der Waals surface area contributed by atoms with Gasteiger partial charge in [0.05, 0.1) is 23.6 Å². The summed E-state index contributed by atoms with van der Waals surface area (Å²) in [6.07, 6.45) is 9.23. The summed E-state index contributed by atoms with van der Waals surface area (Å²) in [6, 6.07) is 2.84. The van der Waals surface area contributed by atoms with E-state index in [2.05, 4.69) is 10.3 Å². The van der Waals surface area contributed by atoms with Crippen LogP contribution in [0.25, 0.3) is 0 Å². The Bertz CT molecular complexity index is 474. The van der Waals surface area contributed by atoms with E-state index in [1.54, 1.807) is 0 Å². The number of hydrogen-bond acceptors (Lipinski definition) is 4. The van der Waals surface area contributed by atoms with Crippen molar-refractivity contribution >= 4 is 0 Å². The normalized spacial score (nSPS) is 25.5. The highest BCUT2D eigenvalue weighted by atomic mass is 19.1. The minimum absolute atomic E-state index is 0.141. The molecule has 1 aromatic heterocycles. The molecule has 2 heterocycles. The zero-order valence-electron chi connectivity index (χ0n) is 12.9. The molecule has 1 aromatic rings. The minimum atomic E-state index is -0.717. The number of ether oxygens (including phenoxy) is 1. The summed E-state index contributed by atoms with van der Waals surface area (Å²) < 4.78 is 19.1. The molecule has 2 fully saturated rings. The maximum Gasteiger partial charge on any atom is 0.141 e. The first-order chi connectivity index (χ1) is 10.7. The van der Waals surface area contributed by atoms with Crippen LogP contribution in [0.5, 0.6) is 0 Å². The van der Waals surface area contributed by atoms with Crippen molar-refractivity contribution in [3.8, 4) is 0 Å². The predicted molar refractivity (Wildman–Crippen MR) is 81.9 cm³/mol. The van der Waals surface area contributed by atoms with Gasteiger partial charge in [0.1, 0.15) is 11.9 Å². The molecule has 2 N–H and O–H groups in total. The first kappa shape index (κ1) is 15.8. The lowest BCUT2D eigenvalue weighted by atomic mass is 9.83. The third kappa shape index (κ3) is 3.83. The van der Waals surface area contributed by atoms with Gasteiger partial charge in [-0.15, -0.1) is 0 Å². The Morgan fingerprint density at radius 2 is 2.14 bits per heavy atom. The number of aromatic nitrogens is 1. The highest BCUT2D eigenvalue weighted by Gasteiger charge is 2.40. The topological polar surface area (TPSA) is 54.4 Å². The zero-order valence-corrected chi connectivity index (χ0v) is 12.9. The molecule has 2 atom stereocenters. The van der Waals surface area contributed by atoms with Crippen LogP contribution in [-0.2, 0) is 4.74 Å². The van der Waals surface area contributed by atoms with Crippen LogP contribution in [0.15, 0.2) is 18.3 Å². The fourth-order valence-electron chi connectivity index (χ4n) is 3.67. The van der Waals surface area contributed by atoms with Crippen molar-refractivity contribution in [3.05, 3.63) is 29.8 Å². The molecule has 1 saturated carbocycles. The number of pyridine rings is 1. The Hall–Kier alpha value is -1.04. The van der Waals surface area contributed by atoms with Crippen LogP contribution in [0.2, 0.25) is 0 Å². The monoisotopic (exact) mass is 308 g/mol. The van der Waals surface area contributed by atoms with Gasteiger partial charge >= 0.3 is 0 Å². The van der Waals surface area contributed by atoms with Gasteiger partial charge in [0, 0.05) is 13.1 Å². The van der Waals surface area contributed by atoms with Crippen molar-refractivity contribution in [1.29, 1.82) is 0 Å². The lowest BCUT2D eigenvalue weighted by Crippen LogP contribution is -2.35. The quantitative estimate of drug-likeness (QED) is 0.878. The van der Waals surface area contributed by atoms with Crippen LogP contribution in [0.1, 0.15) is 56.7 Å². The van der Waals surface area contributed by atoms with Crippen molar-refractivity contribution in [2.45, 2.75) is 62.8 Å². The molecule has 0 aromatic carbocycles. The molecule has 5 heteroatoms. The van der Waals surface area contributed by atoms with Gasteiger partial charge in [0.15, 0.2) is 0 Å². The molecule has 0 bridgehead atoms. The van der Waals surface area contributed by atoms with Crippen LogP contribution in [0.4, 0.5) is 4.39 Å². The smallest absolute Gasteiger partial charge is 0.141 e. The third-order valence-corrected chi connectivity index (χ3v) is 4.90. The molecule has 122 valence electrons. The van der Waals surface area contributed by atoms with E-state index < -0.39 is 6.10 Å². The van der Waals surface area contributed by atoms with Crippen LogP contribution in [0, 0.1) is 5.82 Å². The number of aliphatic hydroxyl groups is 1. The van der Waals surface area contributed by atoms with E-state index in [4.69, 9.17) is 4.74 Å². The van der Waals surface area contributed by atoms with Crippen LogP contribution in [-0.4, -0.2) is 34.9 Å². The summed E-state index contributed by atoms with van der Waals surface area (Å²) in [6.45, 7) is 1.16. The highest BCUT2D eigenvalue weighted by Crippen LogP contribution is 2.41. The summed E-state index contributed by atoms with van der Waals surface area (Å²) in [7, 11) is 0. The summed E-state index contributed by atoms with van der Waals surface area (Å²) in [5, 5.41) is 13.3. The highest BCUT2D eigenvalue weighted by molar-refractivity contribution is 5.08. The standard InChI is InChI=1S/C17H25FN2O2/c18-13-4-5-15(20-10-13)16(21)12-19-11-14-6-9-17(22-14)7-2-1-3-8-17/h4-5,10,14,16,19,21H,1-3,6-9,11-12H2. The number of nitrogens with zero attached hydrogens (tertiary/aromatic N) is 1. The molecule has 1 aliphatic carbocycles. The van der Waals surface area contributed by atoms with E-state index in [0.717, 1.165) is 19.2 Å². The van der Waals surface area contributed by atoms with E-state index in [1.165, 1.54) is 50.7 Å². The van der Waals surface area contributed by atoms with E-state index in [9.17, 15) is 9.50 Å². The van der Waals surface area contributed by atoms with E-state index >= 15 is 0 Å². The molecular formula is C17H25FN2O2. The average molecular weight is 308 g/mol. The van der Waals surface area contributed by atoms with E-state index in [0.29, 0.717) is 12.2 Å². The van der Waals surface area contributed by atoms with Crippen LogP contribution in [0.3, 0.4) is 0 Å². The lowest BCUT2D eigenvalue weighted by molar-refractivity contribution is -0.0627. The molecule has 4 nitrogen and oxygen atoms in total. The fourth-order valence-corrected chi connectivity index (χ4v) is 3.67. The van der Waals surface area contributed by atoms with Gasteiger partial charge in [0.2, 0.25) is 0 Å². The molecule has 0 amide bonds. The summed E-state index contributed by atoms with van der Waals surface area (Å²) in [5.74, 6) is -0.388. The largest absolute Gasteiger partial charge is 0.385 e. The zero-order chi connectivity index (χ0) is 15.4. The predicted octanol–water partition coefficient (Wildman–Crippen LogP) is 2.73. The first-order valence-electron chi connectivity index (χ1n) is 8.35. The van der Waals surface area contributed by atoms with Gasteiger partial charge in [-0.25, -0.2) is 4.39 Å². The maximum absolute atomic E-state index is 12.8. The Kier molecular flexibility index (Phi) is 5.06. The Morgan fingerprint density at radius 1 is 1.32 bits per heavy atom. The average Bonchev–Trinajstić information content (AvgIpc) is 2.91. The van der Waals surface area contributed by atoms with Crippen molar-refractivity contribution < 1.29 is 14.2 Å². The number of hydrogen-bond donors (Lipinski definition) is 2. The Morgan fingerprint density at radius 3 is 2.86 bits per heavy atom. The van der Waals surface area contributed by atoms with Crippen molar-refractivity contribution in [2.75, 3.05) is 13.1 Å². The van der Waals surface area contributed by atoms with Gasteiger partial charge in [0.25, 0.3) is 0 Å². The van der Waals surface area contributed by atoms with Crippen LogP contribution < -0.4 is 5.32 Å². The molecule has 2 aliphatic rings. The van der Waals surface area contributed by atoms with Crippen molar-refractivity contribution in [2.24, 2.45) is 0 Å². The fraction of sp³-hybridized carbons (Fsp3) is 0.706. The van der Waals surface area contributed by atoms with Gasteiger partial charge in [-0.3, -0.25) is 4.98 Å². The molecule has 2 unspecified atom stereocenters. The number of aliphatic hydroxyl groups excluding tert-OH is 1. The van der Waals surface area contributed by atoms with Gasteiger partial charge in [-0.05, 0) is 37.8 Å². The molecule has 1 saturated heterocycles. The summed E-state index contributed by atoms with van der Waals surface area (Å²) in [4.78, 5) is 3.90. The first-order valence-corrected chi connectivity index (χ1v) is 8.35. The number of halogens is 1. The van der Waals surface area contributed by atoms with E-state index in [1.807, 2.05) is 0 Å². The molecule has 0 radical (unpaired) electrons. The van der Waals surface area contributed by atoms with Gasteiger partial charge in [-0.1, -0.05) is 19.3 Å². The second-order valence-corrected chi connectivity index (χ2v) is 6.60. The van der Waals surface area contributed by atoms with Gasteiger partial charge < -0.3 is 15.2 Å². The molecule has 22 heavy (non-hydrogen) atoms. The van der Waals surface area contributed by atoms with Crippen LogP contribution >= 0.6 is 0 Å². The second kappa shape index (κ2) is 7.02. The van der Waals surface area contributed by atoms with Gasteiger partial charge in [-0.2, -0.15) is 0 Å². The number of nitrogens with one attached hydrogen (secondary N) is 1. The summed E-state index contributed by atoms with van der Waals surface area (Å²) in [5.41, 5.74) is 0.631. The molecule has 1 spiro atoms. The second-order valence-electron chi connectivity index (χ2n) is 6.60. The minimum Gasteiger partial charge on any atom is -0.385 e. The Balaban J connectivity index is 1.41. The third-order valence-electron chi connectivity index (χ3n) is 4.90. The number of rotatable bonds is 5. The van der Waals surface area contributed by atoms with Crippen molar-refractivity contribution in [1.82, 2.24) is 10.3 Å². The summed E-state index contributed by atoms with van der Waals surface area (Å²) >= 11 is 0. The molecular weight excluding hydrogens is 283 g/mol. The maximum atomic E-state index is 12.8. The van der Waals surface area contributed by atoms with Crippen molar-refractivity contribution in [3.63, 3.8) is 0 Å². The molecule has 1 aliphatic heterocycles. The SMILES string of the molecule is OC(CNCC1CCC2(CCCCC2)O1)c1ccc(F)cn1. The van der Waals surface area contributed by atoms with E-state index in [-0.39, 0.29) is 17.5 Å². The molecule has 3 rings (SSSR count). The lowest BCUT2D eigenvalue weighted by Gasteiger charge is -2.33.